The van der Waals surface area contributed by atoms with Gasteiger partial charge < -0.3 is 9.47 Å². The van der Waals surface area contributed by atoms with Crippen LogP contribution < -0.4 is 0 Å². The van der Waals surface area contributed by atoms with Crippen molar-refractivity contribution in [1.29, 1.82) is 0 Å². The number of amides is 1. The Kier molecular flexibility index (Phi) is 3.16. The Morgan fingerprint density at radius 1 is 1.64 bits per heavy atom. The molecule has 14 heavy (non-hydrogen) atoms. The highest BCUT2D eigenvalue weighted by molar-refractivity contribution is 5.68. The van der Waals surface area contributed by atoms with Gasteiger partial charge in [-0.05, 0) is 26.8 Å². The smallest absolute Gasteiger partial charge is 0.412 e. The van der Waals surface area contributed by atoms with E-state index in [4.69, 9.17) is 9.47 Å². The summed E-state index contributed by atoms with van der Waals surface area (Å²) in [6.45, 7) is 10.2. The Morgan fingerprint density at radius 3 is 2.79 bits per heavy atom. The van der Waals surface area contributed by atoms with Crippen molar-refractivity contribution in [1.82, 2.24) is 4.90 Å². The molecule has 1 fully saturated rings. The monoisotopic (exact) mass is 199 g/mol. The quantitative estimate of drug-likeness (QED) is 0.604. The van der Waals surface area contributed by atoms with E-state index < -0.39 is 5.60 Å². The van der Waals surface area contributed by atoms with E-state index in [0.717, 1.165) is 0 Å². The van der Waals surface area contributed by atoms with E-state index in [0.29, 0.717) is 13.2 Å². The van der Waals surface area contributed by atoms with Crippen LogP contribution in [0.1, 0.15) is 20.8 Å². The van der Waals surface area contributed by atoms with Crippen molar-refractivity contribution in [2.45, 2.75) is 32.6 Å². The largest absolute Gasteiger partial charge is 0.444 e. The number of hydrogen-bond donors (Lipinski definition) is 0. The zero-order valence-corrected chi connectivity index (χ0v) is 8.95. The van der Waals surface area contributed by atoms with Gasteiger partial charge in [0.05, 0.1) is 13.2 Å². The van der Waals surface area contributed by atoms with Gasteiger partial charge in [-0.2, -0.15) is 0 Å². The number of nitrogens with zero attached hydrogens (tertiary/aromatic N) is 1. The second-order valence-corrected chi connectivity index (χ2v) is 4.17. The van der Waals surface area contributed by atoms with Gasteiger partial charge in [0.1, 0.15) is 5.60 Å². The van der Waals surface area contributed by atoms with Crippen LogP contribution >= 0.6 is 0 Å². The Hall–Kier alpha value is -1.03. The van der Waals surface area contributed by atoms with Crippen molar-refractivity contribution in [3.05, 3.63) is 12.7 Å². The van der Waals surface area contributed by atoms with E-state index in [1.54, 1.807) is 6.08 Å². The second-order valence-electron chi connectivity index (χ2n) is 4.17. The topological polar surface area (TPSA) is 38.8 Å². The summed E-state index contributed by atoms with van der Waals surface area (Å²) in [6, 6.07) is 0. The summed E-state index contributed by atoms with van der Waals surface area (Å²) in [5.74, 6) is 0. The summed E-state index contributed by atoms with van der Waals surface area (Å²) in [6.07, 6.45) is 0.904. The summed E-state index contributed by atoms with van der Waals surface area (Å²) < 4.78 is 10.5. The molecule has 1 heterocycles. The van der Waals surface area contributed by atoms with Crippen LogP contribution in [0.3, 0.4) is 0 Å². The maximum absolute atomic E-state index is 11.6. The molecule has 0 bridgehead atoms. The predicted octanol–water partition coefficient (Wildman–Crippen LogP) is 1.77. The van der Waals surface area contributed by atoms with Gasteiger partial charge in [-0.3, -0.25) is 4.90 Å². The van der Waals surface area contributed by atoms with E-state index in [1.165, 1.54) is 4.90 Å². The van der Waals surface area contributed by atoms with Crippen LogP contribution in [0.25, 0.3) is 0 Å². The van der Waals surface area contributed by atoms with Crippen LogP contribution in [0.5, 0.6) is 0 Å². The summed E-state index contributed by atoms with van der Waals surface area (Å²) in [7, 11) is 0. The van der Waals surface area contributed by atoms with Crippen molar-refractivity contribution in [2.24, 2.45) is 0 Å². The predicted molar refractivity (Wildman–Crippen MR) is 52.9 cm³/mol. The van der Waals surface area contributed by atoms with Gasteiger partial charge in [0.2, 0.25) is 0 Å². The zero-order chi connectivity index (χ0) is 10.8. The minimum Gasteiger partial charge on any atom is -0.444 e. The van der Waals surface area contributed by atoms with E-state index in [1.807, 2.05) is 20.8 Å². The van der Waals surface area contributed by atoms with Gasteiger partial charge in [0.25, 0.3) is 0 Å². The summed E-state index contributed by atoms with van der Waals surface area (Å²) >= 11 is 0. The average Bonchev–Trinajstić information content (AvgIpc) is 2.47. The van der Waals surface area contributed by atoms with Crippen molar-refractivity contribution < 1.29 is 14.3 Å². The Morgan fingerprint density at radius 2 is 2.29 bits per heavy atom. The Bertz CT molecular complexity index is 232. The molecule has 0 aliphatic carbocycles. The third-order valence-corrected chi connectivity index (χ3v) is 1.76. The molecule has 0 spiro atoms. The van der Waals surface area contributed by atoms with Gasteiger partial charge in [-0.25, -0.2) is 4.79 Å². The summed E-state index contributed by atoms with van der Waals surface area (Å²) in [5.41, 5.74) is -0.467. The van der Waals surface area contributed by atoms with Gasteiger partial charge >= 0.3 is 6.09 Å². The van der Waals surface area contributed by atoms with Crippen molar-refractivity contribution >= 4 is 6.09 Å². The molecule has 0 saturated carbocycles. The third kappa shape index (κ3) is 2.73. The highest BCUT2D eigenvalue weighted by Gasteiger charge is 2.30. The fourth-order valence-electron chi connectivity index (χ4n) is 1.20. The number of hydrogen-bond acceptors (Lipinski definition) is 3. The molecule has 1 amide bonds. The summed E-state index contributed by atoms with van der Waals surface area (Å²) in [5, 5.41) is 0. The molecule has 1 saturated heterocycles. The van der Waals surface area contributed by atoms with E-state index >= 15 is 0 Å². The van der Waals surface area contributed by atoms with Gasteiger partial charge in [-0.1, -0.05) is 6.58 Å². The molecule has 1 aliphatic heterocycles. The van der Waals surface area contributed by atoms with Crippen molar-refractivity contribution in [2.75, 3.05) is 13.2 Å². The van der Waals surface area contributed by atoms with Gasteiger partial charge in [-0.15, -0.1) is 0 Å². The average molecular weight is 199 g/mol. The van der Waals surface area contributed by atoms with Crippen LogP contribution in [0.2, 0.25) is 0 Å². The molecule has 0 aromatic rings. The molecule has 0 radical (unpaired) electrons. The lowest BCUT2D eigenvalue weighted by molar-refractivity contribution is 0.00577. The molecule has 4 heteroatoms. The van der Waals surface area contributed by atoms with Gasteiger partial charge in [0.15, 0.2) is 6.23 Å². The van der Waals surface area contributed by atoms with Crippen molar-refractivity contribution in [3.8, 4) is 0 Å². The first-order valence-corrected chi connectivity index (χ1v) is 4.68. The normalized spacial score (nSPS) is 22.2. The molecule has 0 aromatic carbocycles. The maximum atomic E-state index is 11.6. The Labute approximate surface area is 84.5 Å². The number of ether oxygens (including phenoxy) is 2. The Balaban J connectivity index is 2.56. The van der Waals surface area contributed by atoms with E-state index in [9.17, 15) is 4.79 Å². The van der Waals surface area contributed by atoms with Gasteiger partial charge in [0, 0.05) is 0 Å². The molecular weight excluding hydrogens is 182 g/mol. The minimum atomic E-state index is -0.467. The molecular formula is C10H17NO3. The van der Waals surface area contributed by atoms with Crippen molar-refractivity contribution in [3.63, 3.8) is 0 Å². The molecule has 80 valence electrons. The minimum absolute atomic E-state index is 0.343. The lowest BCUT2D eigenvalue weighted by Gasteiger charge is -2.26. The highest BCUT2D eigenvalue weighted by atomic mass is 16.6. The lowest BCUT2D eigenvalue weighted by atomic mass is 10.2. The fraction of sp³-hybridized carbons (Fsp3) is 0.700. The zero-order valence-electron chi connectivity index (χ0n) is 8.95. The number of rotatable bonds is 1. The van der Waals surface area contributed by atoms with Crippen LogP contribution in [0, 0.1) is 0 Å². The third-order valence-electron chi connectivity index (χ3n) is 1.76. The second kappa shape index (κ2) is 4.00. The maximum Gasteiger partial charge on any atom is 0.412 e. The lowest BCUT2D eigenvalue weighted by Crippen LogP contribution is -2.39. The highest BCUT2D eigenvalue weighted by Crippen LogP contribution is 2.16. The molecule has 4 nitrogen and oxygen atoms in total. The number of carbonyl (C=O) groups excluding carboxylic acids is 1. The standard InChI is InChI=1S/C10H17NO3/c1-5-8-11(6-7-13-8)9(12)14-10(2,3)4/h5,8H,1,6-7H2,2-4H3. The molecule has 0 aromatic heterocycles. The van der Waals surface area contributed by atoms with E-state index in [2.05, 4.69) is 6.58 Å². The molecule has 0 N–H and O–H groups in total. The van der Waals surface area contributed by atoms with Crippen LogP contribution in [-0.2, 0) is 9.47 Å². The summed E-state index contributed by atoms with van der Waals surface area (Å²) in [4.78, 5) is 13.1. The first kappa shape index (κ1) is 11.0. The fourth-order valence-corrected chi connectivity index (χ4v) is 1.20. The van der Waals surface area contributed by atoms with Crippen LogP contribution in [0.15, 0.2) is 12.7 Å². The molecule has 1 aliphatic rings. The molecule has 1 rings (SSSR count). The first-order valence-electron chi connectivity index (χ1n) is 4.68. The molecule has 1 atom stereocenters. The SMILES string of the molecule is C=CC1OCCN1C(=O)OC(C)(C)C. The number of carbonyl (C=O) groups is 1. The van der Waals surface area contributed by atoms with Crippen LogP contribution in [-0.4, -0.2) is 36.0 Å². The van der Waals surface area contributed by atoms with E-state index in [-0.39, 0.29) is 12.3 Å². The first-order chi connectivity index (χ1) is 6.44. The molecule has 1 unspecified atom stereocenters. The van der Waals surface area contributed by atoms with Crippen LogP contribution in [0.4, 0.5) is 4.79 Å².